The topological polar surface area (TPSA) is 135 Å². The minimum Gasteiger partial charge on any atom is -0.478 e. The number of rotatable bonds is 4. The van der Waals surface area contributed by atoms with Crippen molar-refractivity contribution >= 4 is 24.1 Å². The summed E-state index contributed by atoms with van der Waals surface area (Å²) in [7, 11) is 0. The lowest BCUT2D eigenvalue weighted by Gasteiger charge is -1.74. The fourth-order valence-electron chi connectivity index (χ4n) is 0.143. The van der Waals surface area contributed by atoms with Crippen molar-refractivity contribution in [3.05, 3.63) is 37.0 Å². The van der Waals surface area contributed by atoms with Crippen molar-refractivity contribution in [2.45, 2.75) is 6.92 Å². The highest BCUT2D eigenvalue weighted by molar-refractivity contribution is 5.89. The fourth-order valence-corrected chi connectivity index (χ4v) is 0.143. The van der Waals surface area contributed by atoms with Crippen molar-refractivity contribution in [1.82, 2.24) is 0 Å². The normalized spacial score (nSPS) is 7.83. The van der Waals surface area contributed by atoms with E-state index < -0.39 is 17.8 Å². The molecule has 0 aromatic heterocycles. The molecule has 0 spiro atoms. The van der Waals surface area contributed by atoms with Gasteiger partial charge in [0, 0.05) is 12.2 Å². The average molecular weight is 257 g/mol. The molecule has 0 aliphatic heterocycles. The zero-order valence-corrected chi connectivity index (χ0v) is 9.83. The Bertz CT molecular complexity index is 323. The second-order valence-electron chi connectivity index (χ2n) is 2.58. The Balaban J connectivity index is -0.000000197. The molecular weight excluding hydrogens is 242 g/mol. The van der Waals surface area contributed by atoms with Gasteiger partial charge in [-0.05, 0) is 18.6 Å². The number of hydrogen-bond donors (Lipinski definition) is 3. The van der Waals surface area contributed by atoms with Gasteiger partial charge in [0.25, 0.3) is 0 Å². The van der Waals surface area contributed by atoms with Gasteiger partial charge in [0.15, 0.2) is 0 Å². The Morgan fingerprint density at radius 3 is 1.39 bits per heavy atom. The molecule has 0 heterocycles. The molecule has 0 aliphatic rings. The van der Waals surface area contributed by atoms with Crippen molar-refractivity contribution in [1.29, 1.82) is 0 Å². The molecule has 0 atom stereocenters. The molecule has 7 nitrogen and oxygen atoms in total. The second kappa shape index (κ2) is 14.3. The largest absolute Gasteiger partial charge is 0.478 e. The standard InChI is InChI=1S/C4H4O4.C4H6O.C3H5NO/c5-3(6)1-2-4(7)8;1-4(2)3-5;1-2-3(4)5/h1-2H,(H,5,6)(H,7,8);3H,1H2,2H3;2H,1H2,(H2,4,5)/b2-1-;;. The first kappa shape index (κ1) is 20.7. The van der Waals surface area contributed by atoms with Gasteiger partial charge in [-0.15, -0.1) is 0 Å². The van der Waals surface area contributed by atoms with E-state index in [2.05, 4.69) is 18.9 Å². The summed E-state index contributed by atoms with van der Waals surface area (Å²) in [4.78, 5) is 38.0. The summed E-state index contributed by atoms with van der Waals surface area (Å²) in [6.07, 6.45) is 2.89. The minimum absolute atomic E-state index is 0.481. The van der Waals surface area contributed by atoms with Crippen LogP contribution in [0.15, 0.2) is 37.0 Å². The van der Waals surface area contributed by atoms with Crippen LogP contribution < -0.4 is 5.73 Å². The van der Waals surface area contributed by atoms with E-state index in [1.165, 1.54) is 0 Å². The molecule has 0 bridgehead atoms. The molecule has 0 saturated heterocycles. The van der Waals surface area contributed by atoms with Crippen LogP contribution in [0.3, 0.4) is 0 Å². The zero-order chi connectivity index (χ0) is 15.1. The summed E-state index contributed by atoms with van der Waals surface area (Å²) in [5.41, 5.74) is 5.11. The predicted octanol–water partition coefficient (Wildman–Crippen LogP) is 0.131. The molecule has 0 aromatic rings. The van der Waals surface area contributed by atoms with Crippen molar-refractivity contribution in [2.24, 2.45) is 5.73 Å². The van der Waals surface area contributed by atoms with E-state index in [-0.39, 0.29) is 0 Å². The molecule has 0 aliphatic carbocycles. The van der Waals surface area contributed by atoms with Crippen LogP contribution in [0, 0.1) is 0 Å². The quantitative estimate of drug-likeness (QED) is 0.484. The van der Waals surface area contributed by atoms with E-state index in [0.717, 1.165) is 12.4 Å². The van der Waals surface area contributed by atoms with Crippen LogP contribution in [0.25, 0.3) is 0 Å². The van der Waals surface area contributed by atoms with Crippen molar-refractivity contribution in [3.63, 3.8) is 0 Å². The summed E-state index contributed by atoms with van der Waals surface area (Å²) < 4.78 is 0. The molecule has 0 fully saturated rings. The second-order valence-corrected chi connectivity index (χ2v) is 2.58. The lowest BCUT2D eigenvalue weighted by molar-refractivity contribution is -0.134. The SMILES string of the molecule is C=C(C)C=O.C=CC(N)=O.O=C(O)/C=C\C(=O)O. The predicted molar refractivity (Wildman–Crippen MR) is 64.7 cm³/mol. The molecule has 7 heteroatoms. The maximum Gasteiger partial charge on any atom is 0.328 e. The number of carboxylic acid groups (broad SMARTS) is 2. The van der Waals surface area contributed by atoms with Gasteiger partial charge in [-0.1, -0.05) is 13.2 Å². The summed E-state index contributed by atoms with van der Waals surface area (Å²) in [6, 6.07) is 0. The van der Waals surface area contributed by atoms with Gasteiger partial charge in [0.1, 0.15) is 6.29 Å². The monoisotopic (exact) mass is 257 g/mol. The van der Waals surface area contributed by atoms with E-state index in [1.807, 2.05) is 0 Å². The number of aldehydes is 1. The summed E-state index contributed by atoms with van der Waals surface area (Å²) in [6.45, 7) is 8.05. The molecule has 1 amide bonds. The average Bonchev–Trinajstić information content (AvgIpc) is 2.27. The van der Waals surface area contributed by atoms with Gasteiger partial charge in [-0.3, -0.25) is 9.59 Å². The van der Waals surface area contributed by atoms with Gasteiger partial charge in [-0.25, -0.2) is 9.59 Å². The molecule has 0 aromatic carbocycles. The van der Waals surface area contributed by atoms with Crippen LogP contribution >= 0.6 is 0 Å². The first-order valence-corrected chi connectivity index (χ1v) is 4.33. The molecule has 18 heavy (non-hydrogen) atoms. The third-order valence-corrected chi connectivity index (χ3v) is 0.771. The third kappa shape index (κ3) is 50.7. The van der Waals surface area contributed by atoms with Crippen LogP contribution in [0.5, 0.6) is 0 Å². The number of primary amides is 1. The van der Waals surface area contributed by atoms with Gasteiger partial charge in [-0.2, -0.15) is 0 Å². The number of allylic oxidation sites excluding steroid dienone is 1. The Labute approximate surface area is 104 Å². The molecule has 0 radical (unpaired) electrons. The highest BCUT2D eigenvalue weighted by atomic mass is 16.4. The van der Waals surface area contributed by atoms with E-state index >= 15 is 0 Å². The molecule has 0 rings (SSSR count). The number of hydrogen-bond acceptors (Lipinski definition) is 4. The Hall–Kier alpha value is -2.70. The molecule has 0 unspecified atom stereocenters. The minimum atomic E-state index is -1.26. The van der Waals surface area contributed by atoms with Crippen molar-refractivity contribution in [2.75, 3.05) is 0 Å². The van der Waals surface area contributed by atoms with Crippen LogP contribution in [0.2, 0.25) is 0 Å². The van der Waals surface area contributed by atoms with Crippen molar-refractivity contribution < 1.29 is 29.4 Å². The van der Waals surface area contributed by atoms with E-state index in [1.54, 1.807) is 6.92 Å². The Kier molecular flexibility index (Phi) is 16.4. The first-order valence-electron chi connectivity index (χ1n) is 4.33. The number of carboxylic acids is 2. The summed E-state index contributed by atoms with van der Waals surface area (Å²) >= 11 is 0. The van der Waals surface area contributed by atoms with Gasteiger partial charge in [0.2, 0.25) is 5.91 Å². The third-order valence-electron chi connectivity index (χ3n) is 0.771. The molecule has 100 valence electrons. The highest BCUT2D eigenvalue weighted by Crippen LogP contribution is 1.71. The number of nitrogens with two attached hydrogens (primary N) is 1. The smallest absolute Gasteiger partial charge is 0.328 e. The maximum atomic E-state index is 9.55. The van der Waals surface area contributed by atoms with E-state index in [9.17, 15) is 19.2 Å². The highest BCUT2D eigenvalue weighted by Gasteiger charge is 1.88. The molecular formula is C11H15NO6. The van der Waals surface area contributed by atoms with Crippen LogP contribution in [-0.2, 0) is 19.2 Å². The number of amides is 1. The molecule has 0 saturated carbocycles. The van der Waals surface area contributed by atoms with Crippen molar-refractivity contribution in [3.8, 4) is 0 Å². The Morgan fingerprint density at radius 2 is 1.33 bits per heavy atom. The summed E-state index contributed by atoms with van der Waals surface area (Å²) in [5, 5.41) is 15.6. The maximum absolute atomic E-state index is 9.55. The number of aliphatic carboxylic acids is 2. The van der Waals surface area contributed by atoms with Crippen LogP contribution in [-0.4, -0.2) is 34.3 Å². The Morgan fingerprint density at radius 1 is 1.11 bits per heavy atom. The summed E-state index contributed by atoms with van der Waals surface area (Å²) in [5.74, 6) is -3.00. The van der Waals surface area contributed by atoms with E-state index in [0.29, 0.717) is 17.7 Å². The zero-order valence-electron chi connectivity index (χ0n) is 9.83. The number of carbonyl (C=O) groups excluding carboxylic acids is 2. The van der Waals surface area contributed by atoms with Gasteiger partial charge in [0.05, 0.1) is 0 Å². The lowest BCUT2D eigenvalue weighted by atomic mass is 10.4. The van der Waals surface area contributed by atoms with Crippen LogP contribution in [0.4, 0.5) is 0 Å². The van der Waals surface area contributed by atoms with Crippen LogP contribution in [0.1, 0.15) is 6.92 Å². The van der Waals surface area contributed by atoms with Gasteiger partial charge < -0.3 is 15.9 Å². The van der Waals surface area contributed by atoms with Gasteiger partial charge >= 0.3 is 11.9 Å². The van der Waals surface area contributed by atoms with E-state index in [4.69, 9.17) is 10.2 Å². The lowest BCUT2D eigenvalue weighted by Crippen LogP contribution is -2.04. The first-order chi connectivity index (χ1) is 8.17. The number of carbonyl (C=O) groups is 4. The fraction of sp³-hybridized carbons (Fsp3) is 0.0909. The molecule has 4 N–H and O–H groups in total.